The van der Waals surface area contributed by atoms with E-state index < -0.39 is 28.4 Å². The van der Waals surface area contributed by atoms with Crippen molar-refractivity contribution in [3.05, 3.63) is 76.0 Å². The smallest absolute Gasteiger partial charge is 0.255 e. The van der Waals surface area contributed by atoms with Gasteiger partial charge < -0.3 is 11.1 Å². The first kappa shape index (κ1) is 24.6. The molecule has 5 aromatic rings. The Morgan fingerprint density at radius 1 is 1.05 bits per heavy atom. The summed E-state index contributed by atoms with van der Waals surface area (Å²) < 4.78 is 44.7. The van der Waals surface area contributed by atoms with Crippen LogP contribution in [0.5, 0.6) is 0 Å². The average molecular weight is 533 g/mol. The molecule has 0 bridgehead atoms. The number of aryl methyl sites for hydroxylation is 2. The molecule has 0 saturated carbocycles. The van der Waals surface area contributed by atoms with Gasteiger partial charge in [0.1, 0.15) is 17.5 Å². The molecule has 3 aromatic heterocycles. The van der Waals surface area contributed by atoms with E-state index in [4.69, 9.17) is 5.73 Å². The fourth-order valence-corrected chi connectivity index (χ4v) is 5.14. The quantitative estimate of drug-likeness (QED) is 0.289. The van der Waals surface area contributed by atoms with Crippen LogP contribution in [-0.4, -0.2) is 35.9 Å². The van der Waals surface area contributed by atoms with Crippen molar-refractivity contribution in [3.8, 4) is 17.1 Å². The van der Waals surface area contributed by atoms with Crippen LogP contribution >= 0.6 is 0 Å². The monoisotopic (exact) mass is 532 g/mol. The van der Waals surface area contributed by atoms with Crippen molar-refractivity contribution >= 4 is 28.4 Å². The standard InChI is InChI=1S/C27H23F3N8O/c1-11-20(12(2)36-35-11)13-5-8-19-15(9-13)18(10-14-16(28)6-7-17(29)22(14)30)37-38(19)26-32-23(31)21-24(34-26)33-25(39)27(21,3)4/h5-9H,10H2,1-4H3,(H,35,36)(H3,31,32,33,34,39). The number of hydrogen-bond donors (Lipinski definition) is 3. The van der Waals surface area contributed by atoms with Gasteiger partial charge in [-0.15, -0.1) is 0 Å². The lowest BCUT2D eigenvalue weighted by molar-refractivity contribution is -0.119. The summed E-state index contributed by atoms with van der Waals surface area (Å²) in [5.41, 5.74) is 9.45. The summed E-state index contributed by atoms with van der Waals surface area (Å²) >= 11 is 0. The number of aromatic nitrogens is 6. The van der Waals surface area contributed by atoms with E-state index in [9.17, 15) is 18.0 Å². The number of halogens is 3. The van der Waals surface area contributed by atoms with Gasteiger partial charge in [-0.25, -0.2) is 13.2 Å². The molecule has 0 spiro atoms. The highest BCUT2D eigenvalue weighted by atomic mass is 19.2. The van der Waals surface area contributed by atoms with E-state index in [2.05, 4.69) is 30.6 Å². The molecule has 1 aliphatic rings. The number of fused-ring (bicyclic) bond motifs is 2. The topological polar surface area (TPSA) is 127 Å². The molecule has 39 heavy (non-hydrogen) atoms. The molecule has 0 fully saturated rings. The zero-order chi connectivity index (χ0) is 27.8. The molecule has 4 heterocycles. The van der Waals surface area contributed by atoms with Gasteiger partial charge >= 0.3 is 0 Å². The van der Waals surface area contributed by atoms with Crippen LogP contribution in [0.3, 0.4) is 0 Å². The first-order chi connectivity index (χ1) is 18.5. The van der Waals surface area contributed by atoms with Gasteiger partial charge in [0.05, 0.1) is 27.9 Å². The average Bonchev–Trinajstić information content (AvgIpc) is 3.49. The number of hydrogen-bond acceptors (Lipinski definition) is 6. The fourth-order valence-electron chi connectivity index (χ4n) is 5.14. The number of aromatic amines is 1. The number of rotatable bonds is 4. The largest absolute Gasteiger partial charge is 0.383 e. The minimum atomic E-state index is -1.28. The van der Waals surface area contributed by atoms with Crippen LogP contribution < -0.4 is 11.1 Å². The summed E-state index contributed by atoms with van der Waals surface area (Å²) in [6.45, 7) is 7.19. The van der Waals surface area contributed by atoms with Gasteiger partial charge in [0, 0.05) is 28.6 Å². The van der Waals surface area contributed by atoms with E-state index in [0.717, 1.165) is 34.6 Å². The zero-order valence-corrected chi connectivity index (χ0v) is 21.4. The van der Waals surface area contributed by atoms with Crippen molar-refractivity contribution in [2.45, 2.75) is 39.5 Å². The van der Waals surface area contributed by atoms with Gasteiger partial charge in [0.25, 0.3) is 5.95 Å². The fraction of sp³-hybridized carbons (Fsp3) is 0.222. The van der Waals surface area contributed by atoms with Gasteiger partial charge in [-0.1, -0.05) is 6.07 Å². The molecule has 0 saturated heterocycles. The van der Waals surface area contributed by atoms with Gasteiger partial charge in [-0.2, -0.15) is 24.8 Å². The number of H-pyrrole nitrogens is 1. The second kappa shape index (κ2) is 8.38. The Hall–Kier alpha value is -4.74. The van der Waals surface area contributed by atoms with Gasteiger partial charge in [0.15, 0.2) is 11.6 Å². The summed E-state index contributed by atoms with van der Waals surface area (Å²) in [4.78, 5) is 21.4. The Morgan fingerprint density at radius 2 is 1.79 bits per heavy atom. The van der Waals surface area contributed by atoms with Crippen LogP contribution in [0, 0.1) is 31.3 Å². The van der Waals surface area contributed by atoms with E-state index in [1.165, 1.54) is 4.68 Å². The number of nitrogens with zero attached hydrogens (tertiary/aromatic N) is 5. The van der Waals surface area contributed by atoms with Gasteiger partial charge in [0.2, 0.25) is 5.91 Å². The summed E-state index contributed by atoms with van der Waals surface area (Å²) in [5, 5.41) is 15.1. The van der Waals surface area contributed by atoms with Crippen molar-refractivity contribution in [1.29, 1.82) is 0 Å². The van der Waals surface area contributed by atoms with Crippen molar-refractivity contribution in [1.82, 2.24) is 29.9 Å². The second-order valence-electron chi connectivity index (χ2n) is 10.1. The highest BCUT2D eigenvalue weighted by Crippen LogP contribution is 2.40. The predicted molar refractivity (Wildman–Crippen MR) is 139 cm³/mol. The summed E-state index contributed by atoms with van der Waals surface area (Å²) in [6, 6.07) is 7.09. The number of carbonyl (C=O) groups excluding carboxylic acids is 1. The first-order valence-corrected chi connectivity index (χ1v) is 12.1. The lowest BCUT2D eigenvalue weighted by Crippen LogP contribution is -2.27. The molecule has 0 aliphatic carbocycles. The van der Waals surface area contributed by atoms with E-state index in [1.54, 1.807) is 19.9 Å². The van der Waals surface area contributed by atoms with Crippen molar-refractivity contribution in [2.24, 2.45) is 0 Å². The third-order valence-electron chi connectivity index (χ3n) is 7.20. The number of nitrogens with two attached hydrogens (primary N) is 1. The molecule has 0 unspecified atom stereocenters. The summed E-state index contributed by atoms with van der Waals surface area (Å²) in [6.07, 6.45) is -0.337. The lowest BCUT2D eigenvalue weighted by atomic mass is 9.87. The van der Waals surface area contributed by atoms with E-state index in [0.29, 0.717) is 16.5 Å². The maximum atomic E-state index is 14.7. The molecule has 0 radical (unpaired) electrons. The third-order valence-corrected chi connectivity index (χ3v) is 7.20. The number of amides is 1. The SMILES string of the molecule is Cc1n[nH]c(C)c1-c1ccc2c(c1)c(Cc1c(F)ccc(F)c1F)nn2-c1nc(N)c2c(n1)NC(=O)C2(C)C. The third kappa shape index (κ3) is 3.66. The summed E-state index contributed by atoms with van der Waals surface area (Å²) in [7, 11) is 0. The first-order valence-electron chi connectivity index (χ1n) is 12.1. The molecule has 4 N–H and O–H groups in total. The molecule has 12 heteroatoms. The van der Waals surface area contributed by atoms with Crippen LogP contribution in [0.4, 0.5) is 24.8 Å². The Kier molecular flexibility index (Phi) is 5.28. The molecule has 6 rings (SSSR count). The molecular weight excluding hydrogens is 509 g/mol. The zero-order valence-electron chi connectivity index (χ0n) is 21.4. The number of carbonyl (C=O) groups is 1. The number of anilines is 2. The summed E-state index contributed by atoms with van der Waals surface area (Å²) in [5.74, 6) is -3.17. The maximum absolute atomic E-state index is 14.7. The normalized spacial score (nSPS) is 14.2. The Morgan fingerprint density at radius 3 is 2.51 bits per heavy atom. The number of nitrogen functional groups attached to an aromatic ring is 1. The number of nitrogens with one attached hydrogen (secondary N) is 2. The highest BCUT2D eigenvalue weighted by molar-refractivity contribution is 6.06. The van der Waals surface area contributed by atoms with Gasteiger partial charge in [-0.05, 0) is 57.5 Å². The Balaban J connectivity index is 1.58. The van der Waals surface area contributed by atoms with Crippen molar-refractivity contribution in [3.63, 3.8) is 0 Å². The van der Waals surface area contributed by atoms with E-state index >= 15 is 0 Å². The second-order valence-corrected chi connectivity index (χ2v) is 10.1. The molecule has 0 atom stereocenters. The Labute approximate surface area is 220 Å². The van der Waals surface area contributed by atoms with Crippen LogP contribution in [0.1, 0.15) is 42.1 Å². The minimum Gasteiger partial charge on any atom is -0.383 e. The minimum absolute atomic E-state index is 0.0594. The maximum Gasteiger partial charge on any atom is 0.255 e. The highest BCUT2D eigenvalue weighted by Gasteiger charge is 2.42. The molecule has 1 aliphatic heterocycles. The molecule has 2 aromatic carbocycles. The van der Waals surface area contributed by atoms with Crippen LogP contribution in [0.15, 0.2) is 30.3 Å². The van der Waals surface area contributed by atoms with E-state index in [1.807, 2.05) is 26.0 Å². The Bertz CT molecular complexity index is 1820. The van der Waals surface area contributed by atoms with Gasteiger partial charge in [-0.3, -0.25) is 9.89 Å². The van der Waals surface area contributed by atoms with Crippen molar-refractivity contribution in [2.75, 3.05) is 11.1 Å². The van der Waals surface area contributed by atoms with Crippen LogP contribution in [0.25, 0.3) is 28.0 Å². The lowest BCUT2D eigenvalue weighted by Gasteiger charge is -2.16. The predicted octanol–water partition coefficient (Wildman–Crippen LogP) is 4.64. The van der Waals surface area contributed by atoms with E-state index in [-0.39, 0.29) is 35.6 Å². The molecule has 9 nitrogen and oxygen atoms in total. The number of benzene rings is 2. The van der Waals surface area contributed by atoms with Crippen molar-refractivity contribution < 1.29 is 18.0 Å². The molecular formula is C27H23F3N8O. The molecule has 1 amide bonds. The van der Waals surface area contributed by atoms with Crippen LogP contribution in [0.2, 0.25) is 0 Å². The molecule has 198 valence electrons. The van der Waals surface area contributed by atoms with Crippen LogP contribution in [-0.2, 0) is 16.6 Å².